The normalized spacial score (nSPS) is 23.3. The van der Waals surface area contributed by atoms with Crippen LogP contribution in [0, 0.1) is 20.8 Å². The summed E-state index contributed by atoms with van der Waals surface area (Å²) in [5, 5.41) is 23.0. The van der Waals surface area contributed by atoms with Gasteiger partial charge in [-0.05, 0) is 63.1 Å². The van der Waals surface area contributed by atoms with Crippen LogP contribution in [-0.4, -0.2) is 41.6 Å². The van der Waals surface area contributed by atoms with Crippen LogP contribution in [0.5, 0.6) is 5.75 Å². The zero-order valence-electron chi connectivity index (χ0n) is 13.9. The zero-order chi connectivity index (χ0) is 16.1. The van der Waals surface area contributed by atoms with Gasteiger partial charge in [0.05, 0.1) is 6.10 Å². The number of aryl methyl sites for hydroxylation is 2. The molecule has 4 heteroatoms. The molecule has 0 heterocycles. The molecule has 0 bridgehead atoms. The van der Waals surface area contributed by atoms with Gasteiger partial charge in [0.15, 0.2) is 0 Å². The summed E-state index contributed by atoms with van der Waals surface area (Å²) in [6.07, 6.45) is 3.00. The van der Waals surface area contributed by atoms with E-state index in [4.69, 9.17) is 4.74 Å². The van der Waals surface area contributed by atoms with E-state index in [1.807, 2.05) is 6.92 Å². The molecule has 4 nitrogen and oxygen atoms in total. The fraction of sp³-hybridized carbons (Fsp3) is 0.667. The predicted molar refractivity (Wildman–Crippen MR) is 88.4 cm³/mol. The second-order valence-corrected chi connectivity index (χ2v) is 6.53. The monoisotopic (exact) mass is 307 g/mol. The molecule has 1 saturated carbocycles. The highest BCUT2D eigenvalue weighted by Gasteiger charge is 2.19. The number of aliphatic hydroxyl groups is 2. The van der Waals surface area contributed by atoms with E-state index in [9.17, 15) is 10.2 Å². The largest absolute Gasteiger partial charge is 0.490 e. The number of aliphatic hydroxyl groups excluding tert-OH is 2. The van der Waals surface area contributed by atoms with Gasteiger partial charge >= 0.3 is 0 Å². The van der Waals surface area contributed by atoms with Crippen LogP contribution in [0.25, 0.3) is 0 Å². The summed E-state index contributed by atoms with van der Waals surface area (Å²) in [4.78, 5) is 0. The van der Waals surface area contributed by atoms with E-state index in [0.29, 0.717) is 19.2 Å². The summed E-state index contributed by atoms with van der Waals surface area (Å²) in [5.74, 6) is 0.889. The Morgan fingerprint density at radius 2 is 1.77 bits per heavy atom. The Bertz CT molecular complexity index is 481. The lowest BCUT2D eigenvalue weighted by Gasteiger charge is -2.27. The minimum Gasteiger partial charge on any atom is -0.490 e. The first-order valence-electron chi connectivity index (χ1n) is 8.26. The molecule has 0 spiro atoms. The smallest absolute Gasteiger partial charge is 0.125 e. The van der Waals surface area contributed by atoms with E-state index < -0.39 is 6.10 Å². The Labute approximate surface area is 133 Å². The van der Waals surface area contributed by atoms with Crippen molar-refractivity contribution in [1.82, 2.24) is 5.32 Å². The molecule has 2 rings (SSSR count). The van der Waals surface area contributed by atoms with Crippen molar-refractivity contribution >= 4 is 0 Å². The first-order valence-corrected chi connectivity index (χ1v) is 8.26. The van der Waals surface area contributed by atoms with Gasteiger partial charge in [0.1, 0.15) is 18.5 Å². The minimum absolute atomic E-state index is 0.140. The Morgan fingerprint density at radius 1 is 1.14 bits per heavy atom. The van der Waals surface area contributed by atoms with Gasteiger partial charge in [-0.3, -0.25) is 0 Å². The van der Waals surface area contributed by atoms with Crippen molar-refractivity contribution < 1.29 is 14.9 Å². The third kappa shape index (κ3) is 4.70. The highest BCUT2D eigenvalue weighted by molar-refractivity contribution is 5.44. The maximum Gasteiger partial charge on any atom is 0.125 e. The molecule has 0 radical (unpaired) electrons. The summed E-state index contributed by atoms with van der Waals surface area (Å²) < 4.78 is 5.84. The molecule has 1 atom stereocenters. The highest BCUT2D eigenvalue weighted by Crippen LogP contribution is 2.25. The van der Waals surface area contributed by atoms with Crippen molar-refractivity contribution in [3.8, 4) is 5.75 Å². The van der Waals surface area contributed by atoms with Crippen LogP contribution in [0.15, 0.2) is 12.1 Å². The summed E-state index contributed by atoms with van der Waals surface area (Å²) in [5.41, 5.74) is 3.44. The van der Waals surface area contributed by atoms with Crippen molar-refractivity contribution in [2.45, 2.75) is 64.7 Å². The van der Waals surface area contributed by atoms with Crippen molar-refractivity contribution in [3.63, 3.8) is 0 Å². The Kier molecular flexibility index (Phi) is 6.24. The quantitative estimate of drug-likeness (QED) is 0.754. The van der Waals surface area contributed by atoms with Crippen molar-refractivity contribution in [3.05, 3.63) is 28.8 Å². The lowest BCUT2D eigenvalue weighted by Crippen LogP contribution is -2.40. The number of rotatable bonds is 6. The molecule has 1 fully saturated rings. The first kappa shape index (κ1) is 17.3. The van der Waals surface area contributed by atoms with Gasteiger partial charge in [-0.2, -0.15) is 0 Å². The van der Waals surface area contributed by atoms with Gasteiger partial charge in [0.25, 0.3) is 0 Å². The summed E-state index contributed by atoms with van der Waals surface area (Å²) >= 11 is 0. The molecular weight excluding hydrogens is 278 g/mol. The molecule has 0 amide bonds. The predicted octanol–water partition coefficient (Wildman–Crippen LogP) is 2.24. The number of ether oxygens (including phenoxy) is 1. The van der Waals surface area contributed by atoms with Crippen LogP contribution < -0.4 is 10.1 Å². The van der Waals surface area contributed by atoms with E-state index in [1.54, 1.807) is 0 Å². The third-order valence-corrected chi connectivity index (χ3v) is 4.63. The Morgan fingerprint density at radius 3 is 2.45 bits per heavy atom. The molecule has 22 heavy (non-hydrogen) atoms. The zero-order valence-corrected chi connectivity index (χ0v) is 13.9. The molecule has 0 aromatic heterocycles. The van der Waals surface area contributed by atoms with Gasteiger partial charge in [-0.1, -0.05) is 12.1 Å². The molecule has 0 unspecified atom stereocenters. The molecular formula is C18H29NO3. The van der Waals surface area contributed by atoms with E-state index in [-0.39, 0.29) is 6.10 Å². The van der Waals surface area contributed by atoms with Crippen molar-refractivity contribution in [2.24, 2.45) is 0 Å². The molecule has 1 aromatic carbocycles. The lowest BCUT2D eigenvalue weighted by atomic mass is 9.93. The standard InChI is InChI=1S/C18H29NO3/c1-12-4-5-13(2)18(14(12)3)22-11-17(21)10-19-15-6-8-16(20)9-7-15/h4-5,15-17,19-21H,6-11H2,1-3H3/t15?,16?,17-/m0/s1. The Balaban J connectivity index is 1.76. The molecule has 0 aliphatic heterocycles. The SMILES string of the molecule is Cc1ccc(C)c(OC[C@@H](O)CNC2CCC(O)CC2)c1C. The minimum atomic E-state index is -0.522. The second-order valence-electron chi connectivity index (χ2n) is 6.53. The molecule has 0 saturated heterocycles. The van der Waals surface area contributed by atoms with E-state index in [0.717, 1.165) is 42.6 Å². The van der Waals surface area contributed by atoms with Gasteiger partial charge < -0.3 is 20.3 Å². The van der Waals surface area contributed by atoms with E-state index in [1.165, 1.54) is 5.56 Å². The topological polar surface area (TPSA) is 61.7 Å². The summed E-state index contributed by atoms with van der Waals surface area (Å²) in [6.45, 7) is 6.98. The molecule has 3 N–H and O–H groups in total. The van der Waals surface area contributed by atoms with Gasteiger partial charge in [0.2, 0.25) is 0 Å². The van der Waals surface area contributed by atoms with E-state index in [2.05, 4.69) is 31.3 Å². The van der Waals surface area contributed by atoms with Gasteiger partial charge in [0, 0.05) is 12.6 Å². The van der Waals surface area contributed by atoms with Gasteiger partial charge in [-0.25, -0.2) is 0 Å². The molecule has 1 aromatic rings. The third-order valence-electron chi connectivity index (χ3n) is 4.63. The lowest BCUT2D eigenvalue weighted by molar-refractivity contribution is 0.0897. The number of hydrogen-bond donors (Lipinski definition) is 3. The van der Waals surface area contributed by atoms with Crippen LogP contribution in [0.2, 0.25) is 0 Å². The first-order chi connectivity index (χ1) is 10.5. The maximum atomic E-state index is 10.1. The second kappa shape index (κ2) is 7.95. The average molecular weight is 307 g/mol. The fourth-order valence-electron chi connectivity index (χ4n) is 2.97. The number of benzene rings is 1. The number of hydrogen-bond acceptors (Lipinski definition) is 4. The summed E-state index contributed by atoms with van der Waals surface area (Å²) in [7, 11) is 0. The van der Waals surface area contributed by atoms with Crippen LogP contribution in [0.4, 0.5) is 0 Å². The van der Waals surface area contributed by atoms with Crippen LogP contribution in [0.1, 0.15) is 42.4 Å². The molecule has 124 valence electrons. The summed E-state index contributed by atoms with van der Waals surface area (Å²) in [6, 6.07) is 4.54. The van der Waals surface area contributed by atoms with Gasteiger partial charge in [-0.15, -0.1) is 0 Å². The maximum absolute atomic E-state index is 10.1. The highest BCUT2D eigenvalue weighted by atomic mass is 16.5. The number of nitrogens with one attached hydrogen (secondary N) is 1. The average Bonchev–Trinajstić information content (AvgIpc) is 2.50. The molecule has 1 aliphatic carbocycles. The van der Waals surface area contributed by atoms with Crippen molar-refractivity contribution in [2.75, 3.05) is 13.2 Å². The van der Waals surface area contributed by atoms with Crippen molar-refractivity contribution in [1.29, 1.82) is 0 Å². The van der Waals surface area contributed by atoms with Crippen LogP contribution >= 0.6 is 0 Å². The Hall–Kier alpha value is -1.10. The van der Waals surface area contributed by atoms with Crippen LogP contribution in [-0.2, 0) is 0 Å². The fourth-order valence-corrected chi connectivity index (χ4v) is 2.97. The van der Waals surface area contributed by atoms with Crippen LogP contribution in [0.3, 0.4) is 0 Å². The molecule has 1 aliphatic rings. The van der Waals surface area contributed by atoms with E-state index >= 15 is 0 Å².